The van der Waals surface area contributed by atoms with Crippen molar-refractivity contribution < 1.29 is 9.53 Å². The van der Waals surface area contributed by atoms with Gasteiger partial charge < -0.3 is 10.1 Å². The van der Waals surface area contributed by atoms with Crippen molar-refractivity contribution in [3.63, 3.8) is 0 Å². The zero-order chi connectivity index (χ0) is 16.1. The fraction of sp³-hybridized carbons (Fsp3) is 0.267. The van der Waals surface area contributed by atoms with E-state index in [0.717, 1.165) is 0 Å². The van der Waals surface area contributed by atoms with E-state index in [-0.39, 0.29) is 11.9 Å². The van der Waals surface area contributed by atoms with Crippen molar-refractivity contribution in [2.45, 2.75) is 19.5 Å². The Morgan fingerprint density at radius 2 is 2.23 bits per heavy atom. The zero-order valence-electron chi connectivity index (χ0n) is 12.5. The van der Waals surface area contributed by atoms with E-state index in [9.17, 15) is 4.79 Å². The number of H-pyrrole nitrogens is 1. The first-order chi connectivity index (χ1) is 10.6. The molecule has 2 N–H and O–H groups in total. The zero-order valence-corrected chi connectivity index (χ0v) is 13.3. The van der Waals surface area contributed by atoms with Crippen LogP contribution in [0.4, 0.5) is 0 Å². The van der Waals surface area contributed by atoms with Gasteiger partial charge in [0.15, 0.2) is 10.6 Å². The molecule has 1 aromatic carbocycles. The van der Waals surface area contributed by atoms with Crippen molar-refractivity contribution in [3.8, 4) is 5.75 Å². The van der Waals surface area contributed by atoms with Crippen LogP contribution >= 0.6 is 12.2 Å². The number of aromatic nitrogens is 3. The average Bonchev–Trinajstić information content (AvgIpc) is 2.89. The molecule has 0 unspecified atom stereocenters. The van der Waals surface area contributed by atoms with Gasteiger partial charge in [0.1, 0.15) is 5.75 Å². The molecule has 0 aliphatic carbocycles. The van der Waals surface area contributed by atoms with E-state index in [1.165, 1.54) is 0 Å². The Labute approximate surface area is 133 Å². The van der Waals surface area contributed by atoms with Crippen LogP contribution in [0.2, 0.25) is 0 Å². The first-order valence-corrected chi connectivity index (χ1v) is 7.18. The molecular weight excluding hydrogens is 300 g/mol. The highest BCUT2D eigenvalue weighted by atomic mass is 32.1. The fourth-order valence-corrected chi connectivity index (χ4v) is 2.27. The third-order valence-electron chi connectivity index (χ3n) is 3.19. The first kappa shape index (κ1) is 16.0. The van der Waals surface area contributed by atoms with Gasteiger partial charge in [-0.15, -0.1) is 6.58 Å². The maximum absolute atomic E-state index is 12.3. The summed E-state index contributed by atoms with van der Waals surface area (Å²) < 4.78 is 7.37. The predicted molar refractivity (Wildman–Crippen MR) is 86.5 cm³/mol. The van der Waals surface area contributed by atoms with Crippen LogP contribution < -0.4 is 10.1 Å². The molecule has 6 nitrogen and oxygen atoms in total. The van der Waals surface area contributed by atoms with E-state index in [1.807, 2.05) is 6.92 Å². The number of nitrogens with zero attached hydrogens (tertiary/aromatic N) is 2. The molecule has 0 aliphatic rings. The molecule has 0 bridgehead atoms. The number of carbonyl (C=O) groups excluding carboxylic acids is 1. The summed E-state index contributed by atoms with van der Waals surface area (Å²) in [6.45, 7) is 6.08. The summed E-state index contributed by atoms with van der Waals surface area (Å²) in [5.41, 5.74) is 0.553. The lowest BCUT2D eigenvalue weighted by molar-refractivity contribution is 0.0937. The van der Waals surface area contributed by atoms with E-state index in [0.29, 0.717) is 28.5 Å². The summed E-state index contributed by atoms with van der Waals surface area (Å²) in [7, 11) is 1.58. The largest absolute Gasteiger partial charge is 0.497 e. The van der Waals surface area contributed by atoms with Gasteiger partial charge in [0.25, 0.3) is 5.91 Å². The van der Waals surface area contributed by atoms with Crippen LogP contribution in [0.3, 0.4) is 0 Å². The molecule has 22 heavy (non-hydrogen) atoms. The van der Waals surface area contributed by atoms with Gasteiger partial charge in [0.2, 0.25) is 0 Å². The first-order valence-electron chi connectivity index (χ1n) is 6.77. The number of hydrogen-bond donors (Lipinski definition) is 2. The molecule has 2 aromatic rings. The molecule has 7 heteroatoms. The summed E-state index contributed by atoms with van der Waals surface area (Å²) in [6.07, 6.45) is 1.73. The normalized spacial score (nSPS) is 11.7. The molecule has 0 saturated carbocycles. The molecule has 1 amide bonds. The number of aromatic amines is 1. The summed E-state index contributed by atoms with van der Waals surface area (Å²) in [4.78, 5) is 12.3. The van der Waals surface area contributed by atoms with Gasteiger partial charge in [-0.25, -0.2) is 0 Å². The quantitative estimate of drug-likeness (QED) is 0.634. The van der Waals surface area contributed by atoms with E-state index in [4.69, 9.17) is 17.0 Å². The summed E-state index contributed by atoms with van der Waals surface area (Å²) >= 11 is 5.16. The number of methoxy groups -OCH3 is 1. The predicted octanol–water partition coefficient (Wildman–Crippen LogP) is 2.63. The molecule has 0 aliphatic heterocycles. The molecule has 116 valence electrons. The highest BCUT2D eigenvalue weighted by Gasteiger charge is 2.17. The maximum Gasteiger partial charge on any atom is 0.251 e. The summed E-state index contributed by atoms with van der Waals surface area (Å²) in [5, 5.41) is 9.80. The van der Waals surface area contributed by atoms with Gasteiger partial charge in [0.05, 0.1) is 13.2 Å². The number of carbonyl (C=O) groups is 1. The molecule has 1 atom stereocenters. The molecule has 0 fully saturated rings. The SMILES string of the molecule is C=CCn1c([C@@H](C)NC(=O)c2ccc(OC)cc2)n[nH]c1=S. The van der Waals surface area contributed by atoms with Crippen LogP contribution in [0.15, 0.2) is 36.9 Å². The van der Waals surface area contributed by atoms with Crippen molar-refractivity contribution in [1.29, 1.82) is 0 Å². The molecular formula is C15H18N4O2S. The number of ether oxygens (including phenoxy) is 1. The number of rotatable bonds is 6. The second kappa shape index (κ2) is 7.04. The van der Waals surface area contributed by atoms with E-state index >= 15 is 0 Å². The van der Waals surface area contributed by atoms with Crippen LogP contribution in [0.5, 0.6) is 5.75 Å². The van der Waals surface area contributed by atoms with Crippen molar-refractivity contribution >= 4 is 18.1 Å². The standard InChI is InChI=1S/C15H18N4O2S/c1-4-9-19-13(17-18-15(19)22)10(2)16-14(20)11-5-7-12(21-3)8-6-11/h4-8,10H,1,9H2,2-3H3,(H,16,20)(H,18,22)/t10-/m1/s1. The average molecular weight is 318 g/mol. The van der Waals surface area contributed by atoms with Crippen molar-refractivity contribution in [2.24, 2.45) is 0 Å². The van der Waals surface area contributed by atoms with Crippen LogP contribution in [-0.4, -0.2) is 27.8 Å². The van der Waals surface area contributed by atoms with Gasteiger partial charge in [-0.3, -0.25) is 14.5 Å². The topological polar surface area (TPSA) is 71.9 Å². The summed E-state index contributed by atoms with van der Waals surface area (Å²) in [6, 6.07) is 6.62. The Hall–Kier alpha value is -2.41. The minimum Gasteiger partial charge on any atom is -0.497 e. The Bertz CT molecular complexity index is 718. The van der Waals surface area contributed by atoms with Crippen molar-refractivity contribution in [1.82, 2.24) is 20.1 Å². The number of amides is 1. The number of hydrogen-bond acceptors (Lipinski definition) is 4. The van der Waals surface area contributed by atoms with Crippen LogP contribution in [-0.2, 0) is 6.54 Å². The van der Waals surface area contributed by atoms with Gasteiger partial charge in [-0.2, -0.15) is 5.10 Å². The van der Waals surface area contributed by atoms with Gasteiger partial charge in [0, 0.05) is 12.1 Å². The lowest BCUT2D eigenvalue weighted by atomic mass is 10.2. The second-order valence-corrected chi connectivity index (χ2v) is 5.10. The van der Waals surface area contributed by atoms with Crippen LogP contribution in [0, 0.1) is 4.77 Å². The van der Waals surface area contributed by atoms with E-state index in [2.05, 4.69) is 22.1 Å². The molecule has 1 heterocycles. The van der Waals surface area contributed by atoms with Crippen molar-refractivity contribution in [3.05, 3.63) is 53.1 Å². The highest BCUT2D eigenvalue weighted by molar-refractivity contribution is 7.71. The highest BCUT2D eigenvalue weighted by Crippen LogP contribution is 2.14. The van der Waals surface area contributed by atoms with Gasteiger partial charge in [-0.1, -0.05) is 6.08 Å². The molecule has 0 radical (unpaired) electrons. The smallest absolute Gasteiger partial charge is 0.251 e. The minimum absolute atomic E-state index is 0.186. The van der Waals surface area contributed by atoms with E-state index < -0.39 is 0 Å². The Morgan fingerprint density at radius 3 is 2.82 bits per heavy atom. The number of benzene rings is 1. The maximum atomic E-state index is 12.3. The monoisotopic (exact) mass is 318 g/mol. The van der Waals surface area contributed by atoms with Crippen LogP contribution in [0.1, 0.15) is 29.1 Å². The Balaban J connectivity index is 2.13. The number of allylic oxidation sites excluding steroid dienone is 1. The third-order valence-corrected chi connectivity index (χ3v) is 3.50. The van der Waals surface area contributed by atoms with Crippen LogP contribution in [0.25, 0.3) is 0 Å². The van der Waals surface area contributed by atoms with E-state index in [1.54, 1.807) is 42.0 Å². The Morgan fingerprint density at radius 1 is 1.55 bits per heavy atom. The molecule has 1 aromatic heterocycles. The van der Waals surface area contributed by atoms with Gasteiger partial charge >= 0.3 is 0 Å². The molecule has 2 rings (SSSR count). The number of nitrogens with one attached hydrogen (secondary N) is 2. The third kappa shape index (κ3) is 3.43. The lowest BCUT2D eigenvalue weighted by Crippen LogP contribution is -2.28. The van der Waals surface area contributed by atoms with Crippen molar-refractivity contribution in [2.75, 3.05) is 7.11 Å². The Kier molecular flexibility index (Phi) is 5.11. The summed E-state index contributed by atoms with van der Waals surface area (Å²) in [5.74, 6) is 1.18. The molecule has 0 saturated heterocycles. The second-order valence-electron chi connectivity index (χ2n) is 4.71. The molecule has 0 spiro atoms. The lowest BCUT2D eigenvalue weighted by Gasteiger charge is -2.14. The minimum atomic E-state index is -0.289. The van der Waals surface area contributed by atoms with Gasteiger partial charge in [-0.05, 0) is 43.4 Å². The fourth-order valence-electron chi connectivity index (χ4n) is 2.05.